The van der Waals surface area contributed by atoms with Crippen molar-refractivity contribution < 1.29 is 14.3 Å². The zero-order valence-corrected chi connectivity index (χ0v) is 16.9. The molecule has 6 nitrogen and oxygen atoms in total. The lowest BCUT2D eigenvalue weighted by molar-refractivity contribution is -0.113. The smallest absolute Gasteiger partial charge is 0.255 e. The molecule has 3 rings (SSSR count). The molecule has 0 saturated heterocycles. The minimum Gasteiger partial charge on any atom is -0.497 e. The Balaban J connectivity index is 1.85. The summed E-state index contributed by atoms with van der Waals surface area (Å²) in [7, 11) is 1.62. The third-order valence-corrected chi connectivity index (χ3v) is 4.61. The molecular formula is C21H23N3O3S. The molecule has 1 atom stereocenters. The lowest BCUT2D eigenvalue weighted by Crippen LogP contribution is -2.45. The van der Waals surface area contributed by atoms with Gasteiger partial charge in [0.2, 0.25) is 0 Å². The molecule has 0 spiro atoms. The van der Waals surface area contributed by atoms with E-state index in [-0.39, 0.29) is 11.9 Å². The van der Waals surface area contributed by atoms with Crippen LogP contribution in [0.4, 0.5) is 5.69 Å². The molecule has 1 unspecified atom stereocenters. The predicted molar refractivity (Wildman–Crippen MR) is 114 cm³/mol. The molecular weight excluding hydrogens is 374 g/mol. The van der Waals surface area contributed by atoms with E-state index in [4.69, 9.17) is 21.7 Å². The summed E-state index contributed by atoms with van der Waals surface area (Å²) in [6, 6.07) is 14.5. The van der Waals surface area contributed by atoms with Crippen LogP contribution in [0.15, 0.2) is 59.8 Å². The van der Waals surface area contributed by atoms with Crippen LogP contribution in [0.1, 0.15) is 25.5 Å². The number of carbonyl (C=O) groups is 1. The number of benzene rings is 2. The number of hydrogen-bond acceptors (Lipinski definition) is 4. The second-order valence-corrected chi connectivity index (χ2v) is 6.66. The van der Waals surface area contributed by atoms with E-state index >= 15 is 0 Å². The molecule has 1 aliphatic heterocycles. The minimum absolute atomic E-state index is 0.204. The van der Waals surface area contributed by atoms with E-state index in [0.29, 0.717) is 28.7 Å². The van der Waals surface area contributed by atoms with Crippen LogP contribution in [-0.2, 0) is 4.79 Å². The van der Waals surface area contributed by atoms with Crippen LogP contribution in [0.5, 0.6) is 11.5 Å². The van der Waals surface area contributed by atoms with Gasteiger partial charge in [0.05, 0.1) is 25.3 Å². The maximum atomic E-state index is 13.1. The van der Waals surface area contributed by atoms with E-state index in [9.17, 15) is 4.79 Å². The molecule has 2 aromatic rings. The van der Waals surface area contributed by atoms with Gasteiger partial charge in [-0.25, -0.2) is 0 Å². The highest BCUT2D eigenvalue weighted by Gasteiger charge is 2.29. The topological polar surface area (TPSA) is 71.6 Å². The first-order chi connectivity index (χ1) is 13.5. The van der Waals surface area contributed by atoms with Crippen LogP contribution in [0.25, 0.3) is 0 Å². The number of thiocarbonyl (C=S) groups is 1. The Kier molecular flexibility index (Phi) is 6.16. The van der Waals surface area contributed by atoms with Gasteiger partial charge in [0.15, 0.2) is 5.11 Å². The molecule has 0 radical (unpaired) electrons. The number of rotatable bonds is 6. The van der Waals surface area contributed by atoms with Crippen LogP contribution in [-0.4, -0.2) is 24.7 Å². The fraction of sp³-hybridized carbons (Fsp3) is 0.238. The molecule has 2 aromatic carbocycles. The van der Waals surface area contributed by atoms with Crippen molar-refractivity contribution in [3.8, 4) is 11.5 Å². The Bertz CT molecular complexity index is 892. The second kappa shape index (κ2) is 8.75. The summed E-state index contributed by atoms with van der Waals surface area (Å²) >= 11 is 5.29. The number of methoxy groups -OCH3 is 1. The summed E-state index contributed by atoms with van der Waals surface area (Å²) in [5.74, 6) is 1.31. The Morgan fingerprint density at radius 3 is 2.36 bits per heavy atom. The van der Waals surface area contributed by atoms with Gasteiger partial charge in [0.1, 0.15) is 11.5 Å². The van der Waals surface area contributed by atoms with Gasteiger partial charge in [-0.3, -0.25) is 4.79 Å². The normalized spacial score (nSPS) is 16.1. The molecule has 1 aliphatic rings. The van der Waals surface area contributed by atoms with Crippen molar-refractivity contribution in [2.45, 2.75) is 19.9 Å². The molecule has 0 aliphatic carbocycles. The molecule has 28 heavy (non-hydrogen) atoms. The quantitative estimate of drug-likeness (QED) is 0.648. The van der Waals surface area contributed by atoms with Crippen molar-refractivity contribution in [1.29, 1.82) is 0 Å². The van der Waals surface area contributed by atoms with Gasteiger partial charge >= 0.3 is 0 Å². The average Bonchev–Trinajstić information content (AvgIpc) is 2.69. The molecule has 0 fully saturated rings. The average molecular weight is 398 g/mol. The van der Waals surface area contributed by atoms with Gasteiger partial charge in [-0.2, -0.15) is 0 Å². The Morgan fingerprint density at radius 2 is 1.75 bits per heavy atom. The summed E-state index contributed by atoms with van der Waals surface area (Å²) in [6.07, 6.45) is 0. The van der Waals surface area contributed by atoms with E-state index in [1.165, 1.54) is 0 Å². The summed E-state index contributed by atoms with van der Waals surface area (Å²) in [6.45, 7) is 4.37. The number of ether oxygens (including phenoxy) is 2. The number of hydrogen-bond donors (Lipinski definition) is 3. The lowest BCUT2D eigenvalue weighted by Gasteiger charge is -2.30. The zero-order chi connectivity index (χ0) is 20.1. The van der Waals surface area contributed by atoms with E-state index in [0.717, 1.165) is 17.1 Å². The second-order valence-electron chi connectivity index (χ2n) is 6.25. The lowest BCUT2D eigenvalue weighted by atomic mass is 9.95. The molecule has 7 heteroatoms. The SMILES string of the molecule is CCOc1ccc(NC(=O)C2=C(C)NC(=S)NC2c2ccc(OC)cc2)cc1. The van der Waals surface area contributed by atoms with E-state index in [2.05, 4.69) is 16.0 Å². The summed E-state index contributed by atoms with van der Waals surface area (Å²) < 4.78 is 10.7. The molecule has 146 valence electrons. The van der Waals surface area contributed by atoms with Crippen molar-refractivity contribution in [3.05, 3.63) is 65.4 Å². The molecule has 0 aromatic heterocycles. The summed E-state index contributed by atoms with van der Waals surface area (Å²) in [4.78, 5) is 13.1. The highest BCUT2D eigenvalue weighted by Crippen LogP contribution is 2.29. The van der Waals surface area contributed by atoms with Gasteiger partial charge in [-0.1, -0.05) is 12.1 Å². The van der Waals surface area contributed by atoms with Crippen LogP contribution in [0, 0.1) is 0 Å². The van der Waals surface area contributed by atoms with Crippen molar-refractivity contribution >= 4 is 28.9 Å². The van der Waals surface area contributed by atoms with Crippen LogP contribution in [0.3, 0.4) is 0 Å². The largest absolute Gasteiger partial charge is 0.497 e. The molecule has 1 heterocycles. The van der Waals surface area contributed by atoms with Gasteiger partial charge in [0.25, 0.3) is 5.91 Å². The Morgan fingerprint density at radius 1 is 1.11 bits per heavy atom. The van der Waals surface area contributed by atoms with Crippen molar-refractivity contribution in [1.82, 2.24) is 10.6 Å². The molecule has 0 saturated carbocycles. The Hall–Kier alpha value is -3.06. The monoisotopic (exact) mass is 397 g/mol. The number of allylic oxidation sites excluding steroid dienone is 1. The maximum Gasteiger partial charge on any atom is 0.255 e. The number of nitrogens with one attached hydrogen (secondary N) is 3. The predicted octanol–water partition coefficient (Wildman–Crippen LogP) is 3.53. The van der Waals surface area contributed by atoms with Gasteiger partial charge in [-0.15, -0.1) is 0 Å². The summed E-state index contributed by atoms with van der Waals surface area (Å²) in [5.41, 5.74) is 2.90. The minimum atomic E-state index is -0.359. The first kappa shape index (κ1) is 19.7. The van der Waals surface area contributed by atoms with Crippen molar-refractivity contribution in [2.24, 2.45) is 0 Å². The number of carbonyl (C=O) groups excluding carboxylic acids is 1. The Labute approximate surface area is 169 Å². The van der Waals surface area contributed by atoms with Crippen LogP contribution in [0.2, 0.25) is 0 Å². The van der Waals surface area contributed by atoms with Crippen LogP contribution >= 0.6 is 12.2 Å². The van der Waals surface area contributed by atoms with Gasteiger partial charge in [-0.05, 0) is 68.0 Å². The van der Waals surface area contributed by atoms with E-state index in [1.807, 2.05) is 62.4 Å². The fourth-order valence-electron chi connectivity index (χ4n) is 3.04. The molecule has 0 bridgehead atoms. The standard InChI is InChI=1S/C21H23N3O3S/c1-4-27-17-11-7-15(8-12-17)23-20(25)18-13(2)22-21(28)24-19(18)14-5-9-16(26-3)10-6-14/h5-12,19H,4H2,1-3H3,(H,23,25)(H2,22,24,28). The van der Waals surface area contributed by atoms with E-state index < -0.39 is 0 Å². The third kappa shape index (κ3) is 4.43. The van der Waals surface area contributed by atoms with Crippen molar-refractivity contribution in [3.63, 3.8) is 0 Å². The number of anilines is 1. The highest BCUT2D eigenvalue weighted by atomic mass is 32.1. The fourth-order valence-corrected chi connectivity index (χ4v) is 3.31. The third-order valence-electron chi connectivity index (χ3n) is 4.39. The van der Waals surface area contributed by atoms with E-state index in [1.54, 1.807) is 7.11 Å². The zero-order valence-electron chi connectivity index (χ0n) is 16.0. The number of amides is 1. The summed E-state index contributed by atoms with van der Waals surface area (Å²) in [5, 5.41) is 9.65. The van der Waals surface area contributed by atoms with Crippen LogP contribution < -0.4 is 25.4 Å². The first-order valence-electron chi connectivity index (χ1n) is 8.98. The molecule has 1 amide bonds. The maximum absolute atomic E-state index is 13.1. The highest BCUT2D eigenvalue weighted by molar-refractivity contribution is 7.80. The van der Waals surface area contributed by atoms with Gasteiger partial charge in [0, 0.05) is 11.4 Å². The van der Waals surface area contributed by atoms with Gasteiger partial charge < -0.3 is 25.4 Å². The first-order valence-corrected chi connectivity index (χ1v) is 9.39. The molecule has 3 N–H and O–H groups in total. The van der Waals surface area contributed by atoms with Crippen molar-refractivity contribution in [2.75, 3.05) is 19.0 Å².